The van der Waals surface area contributed by atoms with Crippen molar-refractivity contribution in [3.05, 3.63) is 58.1 Å². The number of rotatable bonds is 3. The summed E-state index contributed by atoms with van der Waals surface area (Å²) >= 11 is 12.0. The second-order valence-corrected chi connectivity index (χ2v) is 5.18. The molecule has 0 amide bonds. The molecule has 2 aromatic rings. The maximum atomic E-state index is 6.05. The van der Waals surface area contributed by atoms with E-state index in [1.54, 1.807) is 24.4 Å². The standard InChI is InChI=1S/C15H14Cl2N2/c1-19(2)13-6-3-11(4-7-13)10-18-15-9-12(16)5-8-14(15)17/h3-10H,1-2H3. The van der Waals surface area contributed by atoms with Gasteiger partial charge in [-0.1, -0.05) is 35.3 Å². The van der Waals surface area contributed by atoms with Crippen molar-refractivity contribution >= 4 is 40.8 Å². The highest BCUT2D eigenvalue weighted by Gasteiger charge is 1.99. The normalized spacial score (nSPS) is 10.9. The molecule has 0 aliphatic carbocycles. The second kappa shape index (κ2) is 6.09. The number of anilines is 1. The van der Waals surface area contributed by atoms with E-state index < -0.39 is 0 Å². The van der Waals surface area contributed by atoms with Crippen LogP contribution in [0.15, 0.2) is 47.5 Å². The van der Waals surface area contributed by atoms with Gasteiger partial charge in [-0.3, -0.25) is 4.99 Å². The van der Waals surface area contributed by atoms with E-state index in [1.165, 1.54) is 0 Å². The summed E-state index contributed by atoms with van der Waals surface area (Å²) in [5, 5.41) is 1.21. The third-order valence-corrected chi connectivity index (χ3v) is 3.23. The van der Waals surface area contributed by atoms with Crippen LogP contribution in [0.5, 0.6) is 0 Å². The first-order chi connectivity index (χ1) is 9.06. The van der Waals surface area contributed by atoms with Gasteiger partial charge in [-0.2, -0.15) is 0 Å². The zero-order chi connectivity index (χ0) is 13.8. The Morgan fingerprint density at radius 3 is 2.32 bits per heavy atom. The highest BCUT2D eigenvalue weighted by Crippen LogP contribution is 2.27. The molecule has 0 aromatic heterocycles. The van der Waals surface area contributed by atoms with Gasteiger partial charge in [-0.05, 0) is 35.9 Å². The van der Waals surface area contributed by atoms with Crippen LogP contribution in [0.25, 0.3) is 0 Å². The van der Waals surface area contributed by atoms with Gasteiger partial charge in [-0.15, -0.1) is 0 Å². The zero-order valence-electron chi connectivity index (χ0n) is 10.8. The number of halogens is 2. The minimum atomic E-state index is 0.588. The van der Waals surface area contributed by atoms with E-state index in [1.807, 2.05) is 38.4 Å². The van der Waals surface area contributed by atoms with Gasteiger partial charge in [0.2, 0.25) is 0 Å². The molecular weight excluding hydrogens is 279 g/mol. The number of hydrogen-bond acceptors (Lipinski definition) is 2. The molecule has 19 heavy (non-hydrogen) atoms. The smallest absolute Gasteiger partial charge is 0.0830 e. The molecule has 0 aliphatic heterocycles. The van der Waals surface area contributed by atoms with Crippen LogP contribution in [0.1, 0.15) is 5.56 Å². The summed E-state index contributed by atoms with van der Waals surface area (Å²) in [5.74, 6) is 0. The quantitative estimate of drug-likeness (QED) is 0.741. The monoisotopic (exact) mass is 292 g/mol. The minimum absolute atomic E-state index is 0.588. The van der Waals surface area contributed by atoms with Crippen LogP contribution >= 0.6 is 23.2 Å². The lowest BCUT2D eigenvalue weighted by Crippen LogP contribution is -2.08. The van der Waals surface area contributed by atoms with Crippen molar-refractivity contribution in [3.8, 4) is 0 Å². The van der Waals surface area contributed by atoms with Crippen molar-refractivity contribution in [2.45, 2.75) is 0 Å². The molecule has 4 heteroatoms. The van der Waals surface area contributed by atoms with E-state index >= 15 is 0 Å². The molecule has 0 heterocycles. The van der Waals surface area contributed by atoms with E-state index in [9.17, 15) is 0 Å². The first-order valence-electron chi connectivity index (χ1n) is 5.83. The Morgan fingerprint density at radius 1 is 1.00 bits per heavy atom. The third kappa shape index (κ3) is 3.72. The average Bonchev–Trinajstić information content (AvgIpc) is 2.40. The van der Waals surface area contributed by atoms with Gasteiger partial charge in [0.25, 0.3) is 0 Å². The van der Waals surface area contributed by atoms with Crippen LogP contribution in [-0.2, 0) is 0 Å². The van der Waals surface area contributed by atoms with E-state index in [0.29, 0.717) is 15.7 Å². The van der Waals surface area contributed by atoms with Gasteiger partial charge >= 0.3 is 0 Å². The number of benzene rings is 2. The maximum absolute atomic E-state index is 6.05. The van der Waals surface area contributed by atoms with Gasteiger partial charge < -0.3 is 4.90 Å². The molecule has 0 saturated carbocycles. The zero-order valence-corrected chi connectivity index (χ0v) is 12.3. The van der Waals surface area contributed by atoms with E-state index in [0.717, 1.165) is 11.3 Å². The molecule has 0 atom stereocenters. The first-order valence-corrected chi connectivity index (χ1v) is 6.58. The topological polar surface area (TPSA) is 15.6 Å². The lowest BCUT2D eigenvalue weighted by Gasteiger charge is -2.11. The summed E-state index contributed by atoms with van der Waals surface area (Å²) in [5.41, 5.74) is 2.84. The van der Waals surface area contributed by atoms with Gasteiger partial charge in [0, 0.05) is 31.0 Å². The van der Waals surface area contributed by atoms with Crippen molar-refractivity contribution in [2.24, 2.45) is 4.99 Å². The fourth-order valence-electron chi connectivity index (χ4n) is 1.59. The Bertz CT molecular complexity index is 590. The molecule has 2 rings (SSSR count). The van der Waals surface area contributed by atoms with Crippen molar-refractivity contribution in [1.82, 2.24) is 0 Å². The van der Waals surface area contributed by atoms with Crippen molar-refractivity contribution in [2.75, 3.05) is 19.0 Å². The Labute approximate surface area is 123 Å². The van der Waals surface area contributed by atoms with Crippen LogP contribution < -0.4 is 4.90 Å². The van der Waals surface area contributed by atoms with Gasteiger partial charge in [0.05, 0.1) is 10.7 Å². The fourth-order valence-corrected chi connectivity index (χ4v) is 1.92. The summed E-state index contributed by atoms with van der Waals surface area (Å²) in [6, 6.07) is 13.3. The number of hydrogen-bond donors (Lipinski definition) is 0. The first kappa shape index (κ1) is 13.9. The van der Waals surface area contributed by atoms with Crippen molar-refractivity contribution < 1.29 is 0 Å². The molecule has 0 bridgehead atoms. The molecule has 0 fully saturated rings. The Morgan fingerprint density at radius 2 is 1.68 bits per heavy atom. The van der Waals surface area contributed by atoms with E-state index in [-0.39, 0.29) is 0 Å². The summed E-state index contributed by atoms with van der Waals surface area (Å²) in [6.45, 7) is 0. The highest BCUT2D eigenvalue weighted by atomic mass is 35.5. The lowest BCUT2D eigenvalue weighted by molar-refractivity contribution is 1.13. The van der Waals surface area contributed by atoms with Crippen LogP contribution in [0.2, 0.25) is 10.0 Å². The molecule has 0 radical (unpaired) electrons. The maximum Gasteiger partial charge on any atom is 0.0830 e. The van der Waals surface area contributed by atoms with Gasteiger partial charge in [0.15, 0.2) is 0 Å². The Kier molecular flexibility index (Phi) is 4.46. The van der Waals surface area contributed by atoms with Crippen molar-refractivity contribution in [1.29, 1.82) is 0 Å². The molecule has 0 N–H and O–H groups in total. The SMILES string of the molecule is CN(C)c1ccc(C=Nc2cc(Cl)ccc2Cl)cc1. The highest BCUT2D eigenvalue weighted by molar-refractivity contribution is 6.35. The van der Waals surface area contributed by atoms with Crippen LogP contribution in [0.4, 0.5) is 11.4 Å². The predicted octanol–water partition coefficient (Wildman–Crippen LogP) is 4.81. The predicted molar refractivity (Wildman–Crippen MR) is 84.5 cm³/mol. The summed E-state index contributed by atoms with van der Waals surface area (Å²) < 4.78 is 0. The molecule has 0 saturated heterocycles. The molecule has 2 nitrogen and oxygen atoms in total. The van der Waals surface area contributed by atoms with Crippen LogP contribution in [0.3, 0.4) is 0 Å². The second-order valence-electron chi connectivity index (χ2n) is 4.34. The Hall–Kier alpha value is -1.51. The fraction of sp³-hybridized carbons (Fsp3) is 0.133. The molecule has 0 unspecified atom stereocenters. The summed E-state index contributed by atoms with van der Waals surface area (Å²) in [4.78, 5) is 6.41. The van der Waals surface area contributed by atoms with Gasteiger partial charge in [-0.25, -0.2) is 0 Å². The van der Waals surface area contributed by atoms with Gasteiger partial charge in [0.1, 0.15) is 0 Å². The lowest BCUT2D eigenvalue weighted by atomic mass is 10.2. The van der Waals surface area contributed by atoms with Crippen molar-refractivity contribution in [3.63, 3.8) is 0 Å². The average molecular weight is 293 g/mol. The number of nitrogens with zero attached hydrogens (tertiary/aromatic N) is 2. The van der Waals surface area contributed by atoms with Crippen LogP contribution in [-0.4, -0.2) is 20.3 Å². The molecule has 98 valence electrons. The number of aliphatic imine (C=N–C) groups is 1. The largest absolute Gasteiger partial charge is 0.378 e. The summed E-state index contributed by atoms with van der Waals surface area (Å²) in [7, 11) is 4.02. The molecule has 0 aliphatic rings. The Balaban J connectivity index is 2.20. The van der Waals surface area contributed by atoms with Crippen LogP contribution in [0, 0.1) is 0 Å². The molecule has 0 spiro atoms. The molecular formula is C15H14Cl2N2. The minimum Gasteiger partial charge on any atom is -0.378 e. The summed E-state index contributed by atoms with van der Waals surface area (Å²) in [6.07, 6.45) is 1.77. The van der Waals surface area contributed by atoms with E-state index in [2.05, 4.69) is 9.89 Å². The molecule has 2 aromatic carbocycles. The van der Waals surface area contributed by atoms with E-state index in [4.69, 9.17) is 23.2 Å². The third-order valence-electron chi connectivity index (χ3n) is 2.67.